The fraction of sp³-hybridized carbons (Fsp3) is 0.385. The number of carboxylic acids is 1. The van der Waals surface area contributed by atoms with E-state index in [1.807, 2.05) is 24.3 Å². The molecule has 19 heavy (non-hydrogen) atoms. The number of rotatable bonds is 5. The lowest BCUT2D eigenvalue weighted by Crippen LogP contribution is -2.40. The van der Waals surface area contributed by atoms with Crippen LogP contribution in [0.1, 0.15) is 18.4 Å². The zero-order valence-electron chi connectivity index (χ0n) is 10.3. The highest BCUT2D eigenvalue weighted by Gasteiger charge is 2.50. The third-order valence-electron chi connectivity index (χ3n) is 3.24. The van der Waals surface area contributed by atoms with Gasteiger partial charge < -0.3 is 15.7 Å². The predicted molar refractivity (Wildman–Crippen MR) is 73.7 cm³/mol. The third kappa shape index (κ3) is 3.70. The first-order valence-corrected chi connectivity index (χ1v) is 6.81. The van der Waals surface area contributed by atoms with Crippen LogP contribution in [0.25, 0.3) is 0 Å². The second-order valence-electron chi connectivity index (χ2n) is 4.75. The van der Waals surface area contributed by atoms with Crippen LogP contribution in [-0.2, 0) is 11.3 Å². The van der Waals surface area contributed by atoms with E-state index in [1.165, 1.54) is 0 Å². The van der Waals surface area contributed by atoms with Crippen molar-refractivity contribution in [3.8, 4) is 0 Å². The molecule has 1 aliphatic rings. The van der Waals surface area contributed by atoms with Gasteiger partial charge in [-0.1, -0.05) is 28.1 Å². The Morgan fingerprint density at radius 2 is 2.05 bits per heavy atom. The first-order valence-electron chi connectivity index (χ1n) is 6.01. The summed E-state index contributed by atoms with van der Waals surface area (Å²) in [7, 11) is 0. The standard InChI is InChI=1S/C13H15BrN2O3/c14-10-3-1-2-9(6-10)7-15-12(19)16-8-13(4-5-13)11(17)18/h1-3,6H,4-5,7-8H2,(H,17,18)(H2,15,16,19). The Hall–Kier alpha value is -1.56. The zero-order chi connectivity index (χ0) is 13.9. The Morgan fingerprint density at radius 3 is 2.63 bits per heavy atom. The Morgan fingerprint density at radius 1 is 1.32 bits per heavy atom. The lowest BCUT2D eigenvalue weighted by atomic mass is 10.1. The molecule has 0 bridgehead atoms. The number of aliphatic carboxylic acids is 1. The maximum atomic E-state index is 11.6. The molecule has 1 aromatic rings. The van der Waals surface area contributed by atoms with Gasteiger partial charge in [0.05, 0.1) is 5.41 Å². The van der Waals surface area contributed by atoms with Crippen molar-refractivity contribution >= 4 is 27.9 Å². The Bertz CT molecular complexity index is 500. The molecule has 0 atom stereocenters. The van der Waals surface area contributed by atoms with Crippen molar-refractivity contribution in [2.24, 2.45) is 5.41 Å². The molecule has 0 heterocycles. The molecule has 0 spiro atoms. The summed E-state index contributed by atoms with van der Waals surface area (Å²) in [4.78, 5) is 22.5. The first-order chi connectivity index (χ1) is 9.02. The van der Waals surface area contributed by atoms with Crippen LogP contribution in [-0.4, -0.2) is 23.7 Å². The van der Waals surface area contributed by atoms with Crippen molar-refractivity contribution in [2.45, 2.75) is 19.4 Å². The highest BCUT2D eigenvalue weighted by atomic mass is 79.9. The van der Waals surface area contributed by atoms with E-state index in [-0.39, 0.29) is 12.6 Å². The molecule has 2 rings (SSSR count). The van der Waals surface area contributed by atoms with Gasteiger partial charge >= 0.3 is 12.0 Å². The quantitative estimate of drug-likeness (QED) is 0.775. The lowest BCUT2D eigenvalue weighted by molar-refractivity contribution is -0.143. The monoisotopic (exact) mass is 326 g/mol. The van der Waals surface area contributed by atoms with E-state index in [0.29, 0.717) is 19.4 Å². The van der Waals surface area contributed by atoms with Crippen molar-refractivity contribution in [2.75, 3.05) is 6.54 Å². The number of hydrogen-bond donors (Lipinski definition) is 3. The number of halogens is 1. The van der Waals surface area contributed by atoms with Gasteiger partial charge in [0, 0.05) is 17.6 Å². The molecule has 6 heteroatoms. The topological polar surface area (TPSA) is 78.4 Å². The summed E-state index contributed by atoms with van der Waals surface area (Å²) in [5.74, 6) is -0.834. The molecule has 0 unspecified atom stereocenters. The van der Waals surface area contributed by atoms with E-state index in [2.05, 4.69) is 26.6 Å². The maximum Gasteiger partial charge on any atom is 0.315 e. The van der Waals surface area contributed by atoms with Crippen LogP contribution in [0.3, 0.4) is 0 Å². The minimum Gasteiger partial charge on any atom is -0.481 e. The van der Waals surface area contributed by atoms with Gasteiger partial charge in [0.2, 0.25) is 0 Å². The summed E-state index contributed by atoms with van der Waals surface area (Å²) in [5, 5.41) is 14.3. The van der Waals surface area contributed by atoms with E-state index >= 15 is 0 Å². The Labute approximate surface area is 119 Å². The second kappa shape index (κ2) is 5.61. The molecule has 0 aliphatic heterocycles. The highest BCUT2D eigenvalue weighted by Crippen LogP contribution is 2.45. The Balaban J connectivity index is 1.75. The number of urea groups is 1. The number of nitrogens with one attached hydrogen (secondary N) is 2. The molecule has 1 fully saturated rings. The van der Waals surface area contributed by atoms with E-state index in [0.717, 1.165) is 10.0 Å². The summed E-state index contributed by atoms with van der Waals surface area (Å²) in [5.41, 5.74) is 0.247. The average Bonchev–Trinajstić information content (AvgIpc) is 3.15. The van der Waals surface area contributed by atoms with Crippen LogP contribution < -0.4 is 10.6 Å². The van der Waals surface area contributed by atoms with Crippen molar-refractivity contribution in [1.29, 1.82) is 0 Å². The highest BCUT2D eigenvalue weighted by molar-refractivity contribution is 9.10. The van der Waals surface area contributed by atoms with Gasteiger partial charge in [-0.25, -0.2) is 4.79 Å². The van der Waals surface area contributed by atoms with Crippen LogP contribution in [0.4, 0.5) is 4.79 Å². The number of carboxylic acid groups (broad SMARTS) is 1. The van der Waals surface area contributed by atoms with Crippen LogP contribution in [0.15, 0.2) is 28.7 Å². The fourth-order valence-electron chi connectivity index (χ4n) is 1.76. The summed E-state index contributed by atoms with van der Waals surface area (Å²) < 4.78 is 0.954. The first kappa shape index (κ1) is 13.9. The Kier molecular flexibility index (Phi) is 4.09. The van der Waals surface area contributed by atoms with Gasteiger partial charge in [-0.05, 0) is 30.5 Å². The van der Waals surface area contributed by atoms with E-state index < -0.39 is 11.4 Å². The van der Waals surface area contributed by atoms with E-state index in [4.69, 9.17) is 5.11 Å². The molecule has 1 aromatic carbocycles. The van der Waals surface area contributed by atoms with Crippen LogP contribution in [0.2, 0.25) is 0 Å². The summed E-state index contributed by atoms with van der Waals surface area (Å²) in [6, 6.07) is 7.29. The van der Waals surface area contributed by atoms with Crippen molar-refractivity contribution in [3.63, 3.8) is 0 Å². The smallest absolute Gasteiger partial charge is 0.315 e. The van der Waals surface area contributed by atoms with Crippen molar-refractivity contribution < 1.29 is 14.7 Å². The molecule has 1 saturated carbocycles. The minimum atomic E-state index is -0.834. The van der Waals surface area contributed by atoms with Crippen molar-refractivity contribution in [1.82, 2.24) is 10.6 Å². The van der Waals surface area contributed by atoms with Crippen LogP contribution >= 0.6 is 15.9 Å². The molecule has 5 nitrogen and oxygen atoms in total. The van der Waals surface area contributed by atoms with E-state index in [9.17, 15) is 9.59 Å². The zero-order valence-corrected chi connectivity index (χ0v) is 11.9. The number of amides is 2. The van der Waals surface area contributed by atoms with Gasteiger partial charge in [0.1, 0.15) is 0 Å². The molecule has 2 amide bonds. The van der Waals surface area contributed by atoms with Gasteiger partial charge in [-0.2, -0.15) is 0 Å². The number of carbonyl (C=O) groups is 2. The molecule has 1 aliphatic carbocycles. The maximum absolute atomic E-state index is 11.6. The van der Waals surface area contributed by atoms with Gasteiger partial charge in [0.15, 0.2) is 0 Å². The van der Waals surface area contributed by atoms with Crippen molar-refractivity contribution in [3.05, 3.63) is 34.3 Å². The largest absolute Gasteiger partial charge is 0.481 e. The van der Waals surface area contributed by atoms with Gasteiger partial charge in [-0.3, -0.25) is 4.79 Å². The molecular weight excluding hydrogens is 312 g/mol. The molecule has 0 aromatic heterocycles. The fourth-order valence-corrected chi connectivity index (χ4v) is 2.21. The molecule has 0 radical (unpaired) electrons. The summed E-state index contributed by atoms with van der Waals surface area (Å²) in [6.07, 6.45) is 1.27. The number of benzene rings is 1. The van der Waals surface area contributed by atoms with Crippen LogP contribution in [0, 0.1) is 5.41 Å². The summed E-state index contributed by atoms with van der Waals surface area (Å²) >= 11 is 3.36. The number of carbonyl (C=O) groups excluding carboxylic acids is 1. The number of hydrogen-bond acceptors (Lipinski definition) is 2. The average molecular weight is 327 g/mol. The molecule has 3 N–H and O–H groups in total. The van der Waals surface area contributed by atoms with E-state index in [1.54, 1.807) is 0 Å². The van der Waals surface area contributed by atoms with Gasteiger partial charge in [-0.15, -0.1) is 0 Å². The minimum absolute atomic E-state index is 0.187. The normalized spacial score (nSPS) is 15.6. The summed E-state index contributed by atoms with van der Waals surface area (Å²) in [6.45, 7) is 0.595. The predicted octanol–water partition coefficient (Wildman–Crippen LogP) is 2.11. The lowest BCUT2D eigenvalue weighted by Gasteiger charge is -2.12. The van der Waals surface area contributed by atoms with Gasteiger partial charge in [0.25, 0.3) is 0 Å². The SMILES string of the molecule is O=C(NCc1cccc(Br)c1)NCC1(C(=O)O)CC1. The molecular formula is C13H15BrN2O3. The molecule has 0 saturated heterocycles. The third-order valence-corrected chi connectivity index (χ3v) is 3.73. The van der Waals surface area contributed by atoms with Crippen LogP contribution in [0.5, 0.6) is 0 Å². The molecule has 102 valence electrons. The second-order valence-corrected chi connectivity index (χ2v) is 5.67.